The van der Waals surface area contributed by atoms with Crippen molar-refractivity contribution < 1.29 is 9.53 Å². The number of rotatable bonds is 7. The summed E-state index contributed by atoms with van der Waals surface area (Å²) >= 11 is 0. The zero-order valence-electron chi connectivity index (χ0n) is 13.6. The molecule has 0 aromatic heterocycles. The Balaban J connectivity index is 1.62. The molecule has 0 aliphatic carbocycles. The smallest absolute Gasteiger partial charge is 0.234 e. The van der Waals surface area contributed by atoms with Gasteiger partial charge in [-0.1, -0.05) is 19.1 Å². The molecule has 1 aromatic rings. The van der Waals surface area contributed by atoms with Gasteiger partial charge in [-0.15, -0.1) is 0 Å². The minimum atomic E-state index is 0.0501. The molecule has 122 valence electrons. The van der Waals surface area contributed by atoms with E-state index in [1.54, 1.807) is 0 Å². The standard InChI is InChI=1S/C17H27N3O2/c1-14-4-3-5-15(10-14)22-9-7-19-16(21)11-20-8-6-17(2,12-18)13-20/h3-5,10H,6-9,11-13,18H2,1-2H3,(H,19,21). The Bertz CT molecular complexity index is 506. The first-order chi connectivity index (χ1) is 10.5. The molecule has 0 bridgehead atoms. The lowest BCUT2D eigenvalue weighted by Crippen LogP contribution is -2.39. The van der Waals surface area contributed by atoms with Crippen LogP contribution in [0.3, 0.4) is 0 Å². The average Bonchev–Trinajstić information content (AvgIpc) is 2.86. The van der Waals surface area contributed by atoms with Crippen molar-refractivity contribution in [1.82, 2.24) is 10.2 Å². The van der Waals surface area contributed by atoms with Crippen molar-refractivity contribution in [3.8, 4) is 5.75 Å². The number of aryl methyl sites for hydroxylation is 1. The summed E-state index contributed by atoms with van der Waals surface area (Å²) in [5.41, 5.74) is 7.11. The van der Waals surface area contributed by atoms with E-state index in [2.05, 4.69) is 17.1 Å². The number of carbonyl (C=O) groups excluding carboxylic acids is 1. The number of carbonyl (C=O) groups is 1. The molecular formula is C17H27N3O2. The summed E-state index contributed by atoms with van der Waals surface area (Å²) in [6, 6.07) is 7.90. The average molecular weight is 305 g/mol. The Morgan fingerprint density at radius 3 is 3.00 bits per heavy atom. The van der Waals surface area contributed by atoms with Gasteiger partial charge in [-0.2, -0.15) is 0 Å². The van der Waals surface area contributed by atoms with Crippen LogP contribution < -0.4 is 15.8 Å². The van der Waals surface area contributed by atoms with E-state index in [4.69, 9.17) is 10.5 Å². The van der Waals surface area contributed by atoms with Gasteiger partial charge in [0.05, 0.1) is 13.1 Å². The Hall–Kier alpha value is -1.59. The lowest BCUT2D eigenvalue weighted by Gasteiger charge is -2.22. The number of ether oxygens (including phenoxy) is 1. The van der Waals surface area contributed by atoms with Gasteiger partial charge in [0, 0.05) is 6.54 Å². The second-order valence-electron chi connectivity index (χ2n) is 6.49. The summed E-state index contributed by atoms with van der Waals surface area (Å²) < 4.78 is 5.61. The van der Waals surface area contributed by atoms with Gasteiger partial charge in [-0.05, 0) is 49.5 Å². The predicted molar refractivity (Wildman–Crippen MR) is 87.9 cm³/mol. The van der Waals surface area contributed by atoms with Gasteiger partial charge >= 0.3 is 0 Å². The molecule has 1 amide bonds. The first-order valence-corrected chi connectivity index (χ1v) is 7.89. The number of nitrogens with two attached hydrogens (primary N) is 1. The van der Waals surface area contributed by atoms with E-state index in [1.807, 2.05) is 31.2 Å². The maximum atomic E-state index is 11.9. The zero-order chi connectivity index (χ0) is 16.0. The van der Waals surface area contributed by atoms with E-state index < -0.39 is 0 Å². The normalized spacial score (nSPS) is 21.8. The van der Waals surface area contributed by atoms with Crippen LogP contribution >= 0.6 is 0 Å². The van der Waals surface area contributed by atoms with Crippen molar-refractivity contribution in [2.75, 3.05) is 39.3 Å². The fourth-order valence-electron chi connectivity index (χ4n) is 2.75. The molecule has 0 spiro atoms. The summed E-state index contributed by atoms with van der Waals surface area (Å²) in [5.74, 6) is 0.890. The van der Waals surface area contributed by atoms with Crippen molar-refractivity contribution in [2.24, 2.45) is 11.1 Å². The molecule has 1 aliphatic heterocycles. The molecule has 1 atom stereocenters. The van der Waals surface area contributed by atoms with E-state index in [0.29, 0.717) is 26.2 Å². The largest absolute Gasteiger partial charge is 0.492 e. The topological polar surface area (TPSA) is 67.6 Å². The molecule has 1 saturated heterocycles. The first kappa shape index (κ1) is 16.8. The highest BCUT2D eigenvalue weighted by Crippen LogP contribution is 2.27. The Morgan fingerprint density at radius 2 is 2.32 bits per heavy atom. The quantitative estimate of drug-likeness (QED) is 0.742. The van der Waals surface area contributed by atoms with E-state index >= 15 is 0 Å². The summed E-state index contributed by atoms with van der Waals surface area (Å²) in [6.07, 6.45) is 1.06. The summed E-state index contributed by atoms with van der Waals surface area (Å²) in [7, 11) is 0. The monoisotopic (exact) mass is 305 g/mol. The number of amides is 1. The van der Waals surface area contributed by atoms with Crippen LogP contribution in [0.2, 0.25) is 0 Å². The van der Waals surface area contributed by atoms with Gasteiger partial charge in [0.15, 0.2) is 0 Å². The van der Waals surface area contributed by atoms with Gasteiger partial charge in [-0.3, -0.25) is 9.69 Å². The van der Waals surface area contributed by atoms with Crippen molar-refractivity contribution in [1.29, 1.82) is 0 Å². The summed E-state index contributed by atoms with van der Waals surface area (Å²) in [5, 5.41) is 2.90. The van der Waals surface area contributed by atoms with E-state index in [0.717, 1.165) is 25.3 Å². The van der Waals surface area contributed by atoms with Gasteiger partial charge < -0.3 is 15.8 Å². The molecule has 5 nitrogen and oxygen atoms in total. The molecule has 5 heteroatoms. The minimum Gasteiger partial charge on any atom is -0.492 e. The van der Waals surface area contributed by atoms with Crippen molar-refractivity contribution in [3.05, 3.63) is 29.8 Å². The lowest BCUT2D eigenvalue weighted by atomic mass is 9.90. The maximum Gasteiger partial charge on any atom is 0.234 e. The third-order valence-corrected chi connectivity index (χ3v) is 4.18. The maximum absolute atomic E-state index is 11.9. The lowest BCUT2D eigenvalue weighted by molar-refractivity contribution is -0.122. The van der Waals surface area contributed by atoms with Crippen LogP contribution in [0.5, 0.6) is 5.75 Å². The molecule has 2 rings (SSSR count). The van der Waals surface area contributed by atoms with Crippen LogP contribution in [0.1, 0.15) is 18.9 Å². The second kappa shape index (κ2) is 7.61. The van der Waals surface area contributed by atoms with E-state index in [1.165, 1.54) is 5.56 Å². The number of hydrogen-bond donors (Lipinski definition) is 2. The molecule has 1 aliphatic rings. The molecule has 3 N–H and O–H groups in total. The SMILES string of the molecule is Cc1cccc(OCCNC(=O)CN2CCC(C)(CN)C2)c1. The van der Waals surface area contributed by atoms with Crippen LogP contribution in [0.4, 0.5) is 0 Å². The highest BCUT2D eigenvalue weighted by Gasteiger charge is 2.32. The number of hydrogen-bond acceptors (Lipinski definition) is 4. The van der Waals surface area contributed by atoms with Crippen molar-refractivity contribution >= 4 is 5.91 Å². The van der Waals surface area contributed by atoms with E-state index in [-0.39, 0.29) is 11.3 Å². The molecule has 0 saturated carbocycles. The molecule has 1 heterocycles. The number of nitrogens with one attached hydrogen (secondary N) is 1. The minimum absolute atomic E-state index is 0.0501. The van der Waals surface area contributed by atoms with Gasteiger partial charge in [-0.25, -0.2) is 0 Å². The Kier molecular flexibility index (Phi) is 5.80. The fraction of sp³-hybridized carbons (Fsp3) is 0.588. The molecule has 22 heavy (non-hydrogen) atoms. The predicted octanol–water partition coefficient (Wildman–Crippen LogP) is 1.16. The van der Waals surface area contributed by atoms with E-state index in [9.17, 15) is 4.79 Å². The summed E-state index contributed by atoms with van der Waals surface area (Å²) in [6.45, 7) is 8.18. The third-order valence-electron chi connectivity index (χ3n) is 4.18. The van der Waals surface area contributed by atoms with Crippen LogP contribution in [0, 0.1) is 12.3 Å². The molecule has 1 unspecified atom stereocenters. The molecule has 1 aromatic carbocycles. The molecule has 1 fully saturated rings. The van der Waals surface area contributed by atoms with Gasteiger partial charge in [0.25, 0.3) is 0 Å². The highest BCUT2D eigenvalue weighted by atomic mass is 16.5. The Morgan fingerprint density at radius 1 is 1.50 bits per heavy atom. The number of benzene rings is 1. The van der Waals surface area contributed by atoms with Crippen LogP contribution in [-0.2, 0) is 4.79 Å². The van der Waals surface area contributed by atoms with Crippen LogP contribution in [-0.4, -0.2) is 50.1 Å². The van der Waals surface area contributed by atoms with Gasteiger partial charge in [0.1, 0.15) is 12.4 Å². The summed E-state index contributed by atoms with van der Waals surface area (Å²) in [4.78, 5) is 14.1. The molecule has 0 radical (unpaired) electrons. The Labute approximate surface area is 132 Å². The number of likely N-dealkylation sites (tertiary alicyclic amines) is 1. The van der Waals surface area contributed by atoms with Crippen molar-refractivity contribution in [3.63, 3.8) is 0 Å². The highest BCUT2D eigenvalue weighted by molar-refractivity contribution is 5.78. The first-order valence-electron chi connectivity index (χ1n) is 7.89. The molecular weight excluding hydrogens is 278 g/mol. The zero-order valence-corrected chi connectivity index (χ0v) is 13.6. The second-order valence-corrected chi connectivity index (χ2v) is 6.49. The third kappa shape index (κ3) is 5.00. The van der Waals surface area contributed by atoms with Crippen molar-refractivity contribution in [2.45, 2.75) is 20.3 Å². The fourth-order valence-corrected chi connectivity index (χ4v) is 2.75. The number of nitrogens with zero attached hydrogens (tertiary/aromatic N) is 1. The van der Waals surface area contributed by atoms with Crippen LogP contribution in [0.25, 0.3) is 0 Å². The van der Waals surface area contributed by atoms with Gasteiger partial charge in [0.2, 0.25) is 5.91 Å². The van der Waals surface area contributed by atoms with Crippen LogP contribution in [0.15, 0.2) is 24.3 Å².